The van der Waals surface area contributed by atoms with Gasteiger partial charge in [0.05, 0.1) is 5.41 Å². The Kier molecular flexibility index (Phi) is 5.19. The van der Waals surface area contributed by atoms with Crippen LogP contribution in [0.3, 0.4) is 0 Å². The molecule has 1 fully saturated rings. The fourth-order valence-corrected chi connectivity index (χ4v) is 2.23. The number of hydrogen-bond donors (Lipinski definition) is 1. The first-order chi connectivity index (χ1) is 10.4. The SMILES string of the molecule is CC(C)(C)C(=O)ON1CCC(C(=O)Nc2ccccc2)CC1. The molecule has 0 bridgehead atoms. The molecule has 0 radical (unpaired) electrons. The van der Waals surface area contributed by atoms with Crippen molar-refractivity contribution in [1.29, 1.82) is 0 Å². The quantitative estimate of drug-likeness (QED) is 0.933. The van der Waals surface area contributed by atoms with E-state index in [-0.39, 0.29) is 17.8 Å². The van der Waals surface area contributed by atoms with Crippen LogP contribution in [-0.2, 0) is 14.4 Å². The van der Waals surface area contributed by atoms with Crippen LogP contribution in [0.1, 0.15) is 33.6 Å². The van der Waals surface area contributed by atoms with Gasteiger partial charge in [-0.1, -0.05) is 18.2 Å². The number of carbonyl (C=O) groups is 2. The van der Waals surface area contributed by atoms with Crippen LogP contribution in [0.25, 0.3) is 0 Å². The average molecular weight is 304 g/mol. The number of benzene rings is 1. The number of nitrogens with one attached hydrogen (secondary N) is 1. The number of amides is 1. The topological polar surface area (TPSA) is 58.6 Å². The van der Waals surface area contributed by atoms with Crippen LogP contribution in [0.15, 0.2) is 30.3 Å². The molecular weight excluding hydrogens is 280 g/mol. The van der Waals surface area contributed by atoms with Crippen molar-refractivity contribution in [1.82, 2.24) is 5.06 Å². The van der Waals surface area contributed by atoms with Crippen molar-refractivity contribution in [2.75, 3.05) is 18.4 Å². The smallest absolute Gasteiger partial charge is 0.330 e. The summed E-state index contributed by atoms with van der Waals surface area (Å²) in [5, 5.41) is 4.59. The number of carbonyl (C=O) groups excluding carboxylic acids is 2. The summed E-state index contributed by atoms with van der Waals surface area (Å²) in [5.41, 5.74) is 0.302. The Morgan fingerprint density at radius 2 is 1.73 bits per heavy atom. The zero-order valence-electron chi connectivity index (χ0n) is 13.5. The fraction of sp³-hybridized carbons (Fsp3) is 0.529. The minimum absolute atomic E-state index is 0.0352. The summed E-state index contributed by atoms with van der Waals surface area (Å²) in [6.45, 7) is 6.67. The molecule has 0 aliphatic carbocycles. The fourth-order valence-electron chi connectivity index (χ4n) is 2.23. The summed E-state index contributed by atoms with van der Waals surface area (Å²) < 4.78 is 0. The molecule has 0 unspecified atom stereocenters. The number of para-hydroxylation sites is 1. The van der Waals surface area contributed by atoms with E-state index in [0.717, 1.165) is 5.69 Å². The van der Waals surface area contributed by atoms with Gasteiger partial charge in [-0.05, 0) is 45.7 Å². The lowest BCUT2D eigenvalue weighted by atomic mass is 9.96. The van der Waals surface area contributed by atoms with E-state index in [0.29, 0.717) is 25.9 Å². The molecule has 1 heterocycles. The highest BCUT2D eigenvalue weighted by molar-refractivity contribution is 5.92. The zero-order valence-corrected chi connectivity index (χ0v) is 13.5. The summed E-state index contributed by atoms with van der Waals surface area (Å²) in [5.74, 6) is -0.238. The van der Waals surface area contributed by atoms with Gasteiger partial charge < -0.3 is 10.2 Å². The Bertz CT molecular complexity index is 514. The highest BCUT2D eigenvalue weighted by Gasteiger charge is 2.30. The van der Waals surface area contributed by atoms with Crippen LogP contribution in [0, 0.1) is 11.3 Å². The second kappa shape index (κ2) is 6.92. The van der Waals surface area contributed by atoms with Gasteiger partial charge in [0.2, 0.25) is 5.91 Å². The second-order valence-electron chi connectivity index (χ2n) is 6.69. The van der Waals surface area contributed by atoms with Crippen molar-refractivity contribution in [3.8, 4) is 0 Å². The van der Waals surface area contributed by atoms with Gasteiger partial charge in [-0.15, -0.1) is 5.06 Å². The zero-order chi connectivity index (χ0) is 16.2. The molecule has 1 aliphatic rings. The molecule has 0 saturated carbocycles. The van der Waals surface area contributed by atoms with Gasteiger partial charge >= 0.3 is 5.97 Å². The van der Waals surface area contributed by atoms with Gasteiger partial charge in [-0.3, -0.25) is 4.79 Å². The van der Waals surface area contributed by atoms with E-state index >= 15 is 0 Å². The standard InChI is InChI=1S/C17H24N2O3/c1-17(2,3)16(21)22-19-11-9-13(10-12-19)15(20)18-14-7-5-4-6-8-14/h4-8,13H,9-12H2,1-3H3,(H,18,20). The molecule has 5 nitrogen and oxygen atoms in total. The third-order valence-corrected chi connectivity index (χ3v) is 3.69. The Balaban J connectivity index is 1.79. The normalized spacial score (nSPS) is 17.0. The number of piperidine rings is 1. The lowest BCUT2D eigenvalue weighted by molar-refractivity contribution is -0.205. The Morgan fingerprint density at radius 1 is 1.14 bits per heavy atom. The van der Waals surface area contributed by atoms with E-state index in [4.69, 9.17) is 4.84 Å². The molecule has 1 N–H and O–H groups in total. The van der Waals surface area contributed by atoms with E-state index in [1.54, 1.807) is 5.06 Å². The van der Waals surface area contributed by atoms with E-state index in [1.807, 2.05) is 51.1 Å². The molecule has 1 amide bonds. The maximum Gasteiger partial charge on any atom is 0.330 e. The molecule has 5 heteroatoms. The van der Waals surface area contributed by atoms with Crippen molar-refractivity contribution >= 4 is 17.6 Å². The molecule has 0 aromatic heterocycles. The lowest BCUT2D eigenvalue weighted by Gasteiger charge is -2.31. The van der Waals surface area contributed by atoms with E-state index in [2.05, 4.69) is 5.32 Å². The average Bonchev–Trinajstić information content (AvgIpc) is 2.48. The number of hydroxylamine groups is 2. The van der Waals surface area contributed by atoms with Crippen LogP contribution >= 0.6 is 0 Å². The Morgan fingerprint density at radius 3 is 2.27 bits per heavy atom. The summed E-state index contributed by atoms with van der Waals surface area (Å²) in [6, 6.07) is 9.45. The molecule has 2 rings (SSSR count). The van der Waals surface area contributed by atoms with Crippen LogP contribution in [0.2, 0.25) is 0 Å². The van der Waals surface area contributed by atoms with Gasteiger partial charge in [-0.2, -0.15) is 0 Å². The number of nitrogens with zero attached hydrogens (tertiary/aromatic N) is 1. The van der Waals surface area contributed by atoms with Crippen molar-refractivity contribution in [3.05, 3.63) is 30.3 Å². The van der Waals surface area contributed by atoms with Crippen molar-refractivity contribution in [2.24, 2.45) is 11.3 Å². The first kappa shape index (κ1) is 16.5. The van der Waals surface area contributed by atoms with E-state index in [1.165, 1.54) is 0 Å². The number of hydrogen-bond acceptors (Lipinski definition) is 4. The summed E-state index contributed by atoms with van der Waals surface area (Å²) >= 11 is 0. The minimum Gasteiger partial charge on any atom is -0.367 e. The van der Waals surface area contributed by atoms with E-state index < -0.39 is 5.41 Å². The lowest BCUT2D eigenvalue weighted by Crippen LogP contribution is -2.41. The van der Waals surface area contributed by atoms with Crippen LogP contribution in [0.5, 0.6) is 0 Å². The van der Waals surface area contributed by atoms with Crippen LogP contribution in [-0.4, -0.2) is 30.0 Å². The van der Waals surface area contributed by atoms with Crippen molar-refractivity contribution < 1.29 is 14.4 Å². The summed E-state index contributed by atoms with van der Waals surface area (Å²) in [7, 11) is 0. The highest BCUT2D eigenvalue weighted by atomic mass is 16.7. The molecule has 120 valence electrons. The predicted octanol–water partition coefficient (Wildman–Crippen LogP) is 2.84. The van der Waals surface area contributed by atoms with Crippen LogP contribution < -0.4 is 5.32 Å². The monoisotopic (exact) mass is 304 g/mol. The molecule has 22 heavy (non-hydrogen) atoms. The second-order valence-corrected chi connectivity index (χ2v) is 6.69. The number of rotatable bonds is 3. The molecule has 0 spiro atoms. The maximum absolute atomic E-state index is 12.2. The van der Waals surface area contributed by atoms with E-state index in [9.17, 15) is 9.59 Å². The Labute approximate surface area is 131 Å². The molecule has 1 aromatic rings. The minimum atomic E-state index is -0.512. The summed E-state index contributed by atoms with van der Waals surface area (Å²) in [6.07, 6.45) is 1.38. The molecule has 0 atom stereocenters. The summed E-state index contributed by atoms with van der Waals surface area (Å²) in [4.78, 5) is 29.4. The van der Waals surface area contributed by atoms with Gasteiger partial charge in [0.1, 0.15) is 0 Å². The van der Waals surface area contributed by atoms with Gasteiger partial charge in [0.25, 0.3) is 0 Å². The maximum atomic E-state index is 12.2. The molecule has 1 saturated heterocycles. The Hall–Kier alpha value is -1.88. The first-order valence-electron chi connectivity index (χ1n) is 7.69. The van der Waals surface area contributed by atoms with Gasteiger partial charge in [-0.25, -0.2) is 4.79 Å². The molecular formula is C17H24N2O3. The van der Waals surface area contributed by atoms with Gasteiger partial charge in [0.15, 0.2) is 0 Å². The van der Waals surface area contributed by atoms with Gasteiger partial charge in [0, 0.05) is 24.7 Å². The van der Waals surface area contributed by atoms with Crippen molar-refractivity contribution in [3.63, 3.8) is 0 Å². The molecule has 1 aromatic carbocycles. The van der Waals surface area contributed by atoms with Crippen molar-refractivity contribution in [2.45, 2.75) is 33.6 Å². The highest BCUT2D eigenvalue weighted by Crippen LogP contribution is 2.22. The molecule has 1 aliphatic heterocycles. The van der Waals surface area contributed by atoms with Crippen LogP contribution in [0.4, 0.5) is 5.69 Å². The number of anilines is 1. The third-order valence-electron chi connectivity index (χ3n) is 3.69. The predicted molar refractivity (Wildman–Crippen MR) is 84.9 cm³/mol. The largest absolute Gasteiger partial charge is 0.367 e. The first-order valence-corrected chi connectivity index (χ1v) is 7.69. The third kappa shape index (κ3) is 4.56.